The first-order valence-corrected chi connectivity index (χ1v) is 7.29. The number of benzene rings is 1. The van der Waals surface area contributed by atoms with E-state index in [9.17, 15) is 14.7 Å². The van der Waals surface area contributed by atoms with E-state index in [4.69, 9.17) is 11.0 Å². The first-order valence-electron chi connectivity index (χ1n) is 7.29. The van der Waals surface area contributed by atoms with E-state index in [0.717, 1.165) is 0 Å². The summed E-state index contributed by atoms with van der Waals surface area (Å²) in [6.45, 7) is 0. The smallest absolute Gasteiger partial charge is 0.336 e. The second-order valence-electron chi connectivity index (χ2n) is 5.60. The van der Waals surface area contributed by atoms with E-state index in [1.165, 1.54) is 0 Å². The van der Waals surface area contributed by atoms with Gasteiger partial charge in [-0.3, -0.25) is 4.79 Å². The number of carboxylic acids is 1. The van der Waals surface area contributed by atoms with Gasteiger partial charge in [-0.15, -0.1) is 0 Å². The number of hydrogen-bond donors (Lipinski definition) is 3. The summed E-state index contributed by atoms with van der Waals surface area (Å²) < 4.78 is 0. The van der Waals surface area contributed by atoms with Gasteiger partial charge in [-0.05, 0) is 30.5 Å². The SMILES string of the molecule is N#Cc1cccc(C2C(C(=O)O)=C(N)NC3=C2C(=O)CCC3)c1. The molecule has 0 radical (unpaired) electrons. The van der Waals surface area contributed by atoms with Gasteiger partial charge in [0.25, 0.3) is 0 Å². The molecule has 1 unspecified atom stereocenters. The summed E-state index contributed by atoms with van der Waals surface area (Å²) in [5.74, 6) is -1.94. The molecule has 1 atom stereocenters. The fraction of sp³-hybridized carbons (Fsp3) is 0.235. The highest BCUT2D eigenvalue weighted by Gasteiger charge is 2.38. The minimum absolute atomic E-state index is 0.0471. The molecule has 23 heavy (non-hydrogen) atoms. The van der Waals surface area contributed by atoms with E-state index in [1.54, 1.807) is 24.3 Å². The predicted molar refractivity (Wildman–Crippen MR) is 81.8 cm³/mol. The molecule has 1 aromatic rings. The highest BCUT2D eigenvalue weighted by Crippen LogP contribution is 2.41. The minimum atomic E-state index is -1.17. The molecule has 0 saturated heterocycles. The number of Topliss-reactive ketones (excluding diaryl/α,β-unsaturated/α-hetero) is 1. The average Bonchev–Trinajstić information content (AvgIpc) is 2.53. The van der Waals surface area contributed by atoms with Crippen LogP contribution in [0.15, 0.2) is 46.9 Å². The zero-order valence-corrected chi connectivity index (χ0v) is 12.3. The molecule has 1 heterocycles. The van der Waals surface area contributed by atoms with E-state index in [2.05, 4.69) is 5.32 Å². The van der Waals surface area contributed by atoms with Gasteiger partial charge in [0.1, 0.15) is 5.82 Å². The lowest BCUT2D eigenvalue weighted by atomic mass is 9.76. The molecule has 6 nitrogen and oxygen atoms in total. The number of dihydropyridines is 1. The number of nitrogens with two attached hydrogens (primary N) is 1. The van der Waals surface area contributed by atoms with Crippen LogP contribution in [-0.4, -0.2) is 16.9 Å². The van der Waals surface area contributed by atoms with Crippen molar-refractivity contribution in [2.24, 2.45) is 5.73 Å². The molecule has 0 bridgehead atoms. The molecular formula is C17H15N3O3. The third kappa shape index (κ3) is 2.46. The van der Waals surface area contributed by atoms with Crippen LogP contribution in [0.4, 0.5) is 0 Å². The topological polar surface area (TPSA) is 116 Å². The van der Waals surface area contributed by atoms with Crippen LogP contribution in [0.25, 0.3) is 0 Å². The van der Waals surface area contributed by atoms with Gasteiger partial charge in [-0.2, -0.15) is 5.26 Å². The summed E-state index contributed by atoms with van der Waals surface area (Å²) in [5, 5.41) is 21.5. The highest BCUT2D eigenvalue weighted by atomic mass is 16.4. The van der Waals surface area contributed by atoms with E-state index in [1.807, 2.05) is 6.07 Å². The molecule has 1 aromatic carbocycles. The number of carbonyl (C=O) groups excluding carboxylic acids is 1. The number of aliphatic carboxylic acids is 1. The van der Waals surface area contributed by atoms with Crippen LogP contribution < -0.4 is 11.1 Å². The third-order valence-corrected chi connectivity index (χ3v) is 4.19. The Morgan fingerprint density at radius 2 is 2.17 bits per heavy atom. The van der Waals surface area contributed by atoms with Crippen LogP contribution in [0.2, 0.25) is 0 Å². The van der Waals surface area contributed by atoms with Gasteiger partial charge in [-0.25, -0.2) is 4.79 Å². The molecule has 0 spiro atoms. The van der Waals surface area contributed by atoms with Crippen molar-refractivity contribution < 1.29 is 14.7 Å². The zero-order chi connectivity index (χ0) is 16.6. The molecule has 6 heteroatoms. The first kappa shape index (κ1) is 14.9. The molecule has 1 aliphatic heterocycles. The van der Waals surface area contributed by atoms with Gasteiger partial charge >= 0.3 is 5.97 Å². The van der Waals surface area contributed by atoms with Crippen molar-refractivity contribution >= 4 is 11.8 Å². The van der Waals surface area contributed by atoms with E-state index in [-0.39, 0.29) is 17.2 Å². The van der Waals surface area contributed by atoms with Gasteiger partial charge in [0, 0.05) is 17.7 Å². The maximum absolute atomic E-state index is 12.4. The Bertz CT molecular complexity index is 815. The number of hydrogen-bond acceptors (Lipinski definition) is 5. The van der Waals surface area contributed by atoms with Crippen molar-refractivity contribution in [3.05, 3.63) is 58.1 Å². The van der Waals surface area contributed by atoms with Crippen molar-refractivity contribution in [1.82, 2.24) is 5.32 Å². The fourth-order valence-electron chi connectivity index (χ4n) is 3.22. The van der Waals surface area contributed by atoms with Gasteiger partial charge in [0.15, 0.2) is 5.78 Å². The van der Waals surface area contributed by atoms with Crippen molar-refractivity contribution in [2.75, 3.05) is 0 Å². The molecule has 116 valence electrons. The number of carbonyl (C=O) groups is 2. The van der Waals surface area contributed by atoms with Crippen molar-refractivity contribution in [2.45, 2.75) is 25.2 Å². The summed E-state index contributed by atoms with van der Waals surface area (Å²) in [6, 6.07) is 8.68. The average molecular weight is 309 g/mol. The van der Waals surface area contributed by atoms with Gasteiger partial charge in [-0.1, -0.05) is 12.1 Å². The lowest BCUT2D eigenvalue weighted by molar-refractivity contribution is -0.133. The molecular weight excluding hydrogens is 294 g/mol. The number of nitrogens with zero attached hydrogens (tertiary/aromatic N) is 1. The van der Waals surface area contributed by atoms with Gasteiger partial charge in [0.05, 0.1) is 23.1 Å². The summed E-state index contributed by atoms with van der Waals surface area (Å²) in [4.78, 5) is 24.1. The Hall–Kier alpha value is -3.07. The summed E-state index contributed by atoms with van der Waals surface area (Å²) >= 11 is 0. The Labute approximate surface area is 132 Å². The molecule has 4 N–H and O–H groups in total. The van der Waals surface area contributed by atoms with Crippen molar-refractivity contribution in [3.8, 4) is 6.07 Å². The van der Waals surface area contributed by atoms with Gasteiger partial charge in [0.2, 0.25) is 0 Å². The molecule has 0 amide bonds. The summed E-state index contributed by atoms with van der Waals surface area (Å²) in [5.41, 5.74) is 8.01. The van der Waals surface area contributed by atoms with Crippen molar-refractivity contribution in [3.63, 3.8) is 0 Å². The predicted octanol–water partition coefficient (Wildman–Crippen LogP) is 1.51. The number of ketones is 1. The zero-order valence-electron chi connectivity index (χ0n) is 12.3. The maximum Gasteiger partial charge on any atom is 0.336 e. The van der Waals surface area contributed by atoms with E-state index >= 15 is 0 Å². The van der Waals surface area contributed by atoms with Crippen LogP contribution in [0.1, 0.15) is 36.3 Å². The second kappa shape index (κ2) is 5.61. The monoisotopic (exact) mass is 309 g/mol. The van der Waals surface area contributed by atoms with E-state index in [0.29, 0.717) is 41.7 Å². The molecule has 0 aromatic heterocycles. The van der Waals surface area contributed by atoms with Crippen LogP contribution >= 0.6 is 0 Å². The molecule has 0 fully saturated rings. The highest BCUT2D eigenvalue weighted by molar-refractivity contribution is 6.03. The van der Waals surface area contributed by atoms with E-state index < -0.39 is 11.9 Å². The Morgan fingerprint density at radius 3 is 2.87 bits per heavy atom. The molecule has 2 aliphatic rings. The Balaban J connectivity index is 2.22. The fourth-order valence-corrected chi connectivity index (χ4v) is 3.22. The quantitative estimate of drug-likeness (QED) is 0.762. The van der Waals surface area contributed by atoms with Crippen LogP contribution in [-0.2, 0) is 9.59 Å². The number of nitrogens with one attached hydrogen (secondary N) is 1. The Kier molecular flexibility index (Phi) is 3.62. The summed E-state index contributed by atoms with van der Waals surface area (Å²) in [7, 11) is 0. The van der Waals surface area contributed by atoms with Gasteiger partial charge < -0.3 is 16.2 Å². The molecule has 1 aliphatic carbocycles. The lowest BCUT2D eigenvalue weighted by Crippen LogP contribution is -2.37. The number of allylic oxidation sites excluding steroid dienone is 2. The number of rotatable bonds is 2. The van der Waals surface area contributed by atoms with Crippen molar-refractivity contribution in [1.29, 1.82) is 5.26 Å². The summed E-state index contributed by atoms with van der Waals surface area (Å²) in [6.07, 6.45) is 1.76. The second-order valence-corrected chi connectivity index (χ2v) is 5.60. The lowest BCUT2D eigenvalue weighted by Gasteiger charge is -2.33. The van der Waals surface area contributed by atoms with Crippen LogP contribution in [0, 0.1) is 11.3 Å². The number of carboxylic acid groups (broad SMARTS) is 1. The third-order valence-electron chi connectivity index (χ3n) is 4.19. The van der Waals surface area contributed by atoms with Crippen LogP contribution in [0.3, 0.4) is 0 Å². The Morgan fingerprint density at radius 1 is 1.39 bits per heavy atom. The first-order chi connectivity index (χ1) is 11.0. The molecule has 0 saturated carbocycles. The largest absolute Gasteiger partial charge is 0.478 e. The minimum Gasteiger partial charge on any atom is -0.478 e. The number of nitriles is 1. The standard InChI is InChI=1S/C17H15N3O3/c18-8-9-3-1-4-10(7-9)13-14-11(5-2-6-12(14)21)20-16(19)15(13)17(22)23/h1,3-4,7,13,20H,2,5-6,19H2,(H,22,23). The molecule has 3 rings (SSSR count). The normalized spacial score (nSPS) is 20.7. The maximum atomic E-state index is 12.4. The van der Waals surface area contributed by atoms with Crippen LogP contribution in [0.5, 0.6) is 0 Å².